The Morgan fingerprint density at radius 1 is 1.22 bits per heavy atom. The molecule has 0 radical (unpaired) electrons. The number of nitrogens with zero attached hydrogens (tertiary/aromatic N) is 1. The van der Waals surface area contributed by atoms with Gasteiger partial charge in [-0.25, -0.2) is 0 Å². The molecule has 0 saturated carbocycles. The van der Waals surface area contributed by atoms with Crippen molar-refractivity contribution in [3.63, 3.8) is 0 Å². The summed E-state index contributed by atoms with van der Waals surface area (Å²) in [5.74, 6) is 0.809. The first-order chi connectivity index (χ1) is 11.1. The Labute approximate surface area is 136 Å². The lowest BCUT2D eigenvalue weighted by Gasteiger charge is -2.38. The van der Waals surface area contributed by atoms with Gasteiger partial charge in [0, 0.05) is 24.1 Å². The lowest BCUT2D eigenvalue weighted by atomic mass is 9.88. The van der Waals surface area contributed by atoms with Crippen molar-refractivity contribution < 1.29 is 9.90 Å². The third kappa shape index (κ3) is 2.31. The lowest BCUT2D eigenvalue weighted by Crippen LogP contribution is -2.46. The highest BCUT2D eigenvalue weighted by Crippen LogP contribution is 2.42. The van der Waals surface area contributed by atoms with Crippen LogP contribution in [0.3, 0.4) is 0 Å². The summed E-state index contributed by atoms with van der Waals surface area (Å²) in [4.78, 5) is 15.1. The molecule has 118 valence electrons. The number of likely N-dealkylation sites (tertiary alicyclic amines) is 1. The molecule has 2 aromatic rings. The van der Waals surface area contributed by atoms with E-state index >= 15 is 0 Å². The monoisotopic (exact) mass is 307 g/mol. The average molecular weight is 307 g/mol. The zero-order valence-electron chi connectivity index (χ0n) is 13.3. The smallest absolute Gasteiger partial charge is 0.254 e. The van der Waals surface area contributed by atoms with Gasteiger partial charge in [0.15, 0.2) is 0 Å². The summed E-state index contributed by atoms with van der Waals surface area (Å²) in [5.41, 5.74) is 4.25. The Kier molecular flexibility index (Phi) is 3.37. The van der Waals surface area contributed by atoms with Crippen LogP contribution in [0.2, 0.25) is 0 Å². The van der Waals surface area contributed by atoms with Gasteiger partial charge in [-0.2, -0.15) is 0 Å². The molecular weight excluding hydrogens is 286 g/mol. The number of piperidine rings is 1. The van der Waals surface area contributed by atoms with E-state index in [2.05, 4.69) is 29.2 Å². The van der Waals surface area contributed by atoms with Crippen molar-refractivity contribution in [2.75, 3.05) is 6.54 Å². The second kappa shape index (κ2) is 5.41. The Balaban J connectivity index is 1.65. The first kappa shape index (κ1) is 14.3. The summed E-state index contributed by atoms with van der Waals surface area (Å²) in [6.45, 7) is 2.66. The molecule has 2 aromatic carbocycles. The fourth-order valence-electron chi connectivity index (χ4n) is 4.19. The molecule has 3 heteroatoms. The molecule has 1 amide bonds. The molecule has 1 aliphatic carbocycles. The topological polar surface area (TPSA) is 40.5 Å². The number of aryl methyl sites for hydroxylation is 1. The zero-order valence-corrected chi connectivity index (χ0v) is 13.3. The molecule has 3 nitrogen and oxygen atoms in total. The van der Waals surface area contributed by atoms with Gasteiger partial charge in [-0.15, -0.1) is 0 Å². The van der Waals surface area contributed by atoms with E-state index in [-0.39, 0.29) is 17.7 Å². The summed E-state index contributed by atoms with van der Waals surface area (Å²) in [7, 11) is 0. The minimum Gasteiger partial charge on any atom is -0.508 e. The van der Waals surface area contributed by atoms with Crippen LogP contribution in [0.15, 0.2) is 42.5 Å². The second-order valence-electron chi connectivity index (χ2n) is 6.72. The summed E-state index contributed by atoms with van der Waals surface area (Å²) in [6, 6.07) is 14.0. The quantitative estimate of drug-likeness (QED) is 0.873. The number of hydrogen-bond acceptors (Lipinski definition) is 2. The van der Waals surface area contributed by atoms with Gasteiger partial charge in [0.2, 0.25) is 0 Å². The molecule has 1 fully saturated rings. The number of phenolic OH excluding ortho intramolecular Hbond substituents is 1. The van der Waals surface area contributed by atoms with Crippen LogP contribution in [0.4, 0.5) is 0 Å². The number of hydrogen-bond donors (Lipinski definition) is 1. The largest absolute Gasteiger partial charge is 0.508 e. The van der Waals surface area contributed by atoms with E-state index in [9.17, 15) is 9.90 Å². The van der Waals surface area contributed by atoms with Crippen LogP contribution < -0.4 is 0 Å². The average Bonchev–Trinajstić information content (AvgIpc) is 2.95. The van der Waals surface area contributed by atoms with Gasteiger partial charge in [0.05, 0.1) is 0 Å². The maximum atomic E-state index is 13.0. The molecule has 1 N–H and O–H groups in total. The number of phenols is 1. The number of carbonyl (C=O) groups excluding carboxylic acids is 1. The first-order valence-electron chi connectivity index (χ1n) is 8.33. The fraction of sp³-hybridized carbons (Fsp3) is 0.350. The standard InChI is InChI=1S/C20H21NO2/c1-13-11-15(8-9-19(13)22)20(23)21-10-4-7-17-16-6-3-2-5-14(16)12-18(17)21/h2-3,5-6,8-9,11,17-18,22H,4,7,10,12H2,1H3. The third-order valence-electron chi connectivity index (χ3n) is 5.37. The van der Waals surface area contributed by atoms with Crippen LogP contribution in [-0.4, -0.2) is 28.5 Å². The minimum absolute atomic E-state index is 0.0932. The molecule has 4 rings (SSSR count). The lowest BCUT2D eigenvalue weighted by molar-refractivity contribution is 0.0595. The van der Waals surface area contributed by atoms with Crippen LogP contribution in [0, 0.1) is 6.92 Å². The first-order valence-corrected chi connectivity index (χ1v) is 8.33. The predicted molar refractivity (Wildman–Crippen MR) is 89.8 cm³/mol. The number of carbonyl (C=O) groups is 1. The van der Waals surface area contributed by atoms with Gasteiger partial charge in [0.1, 0.15) is 5.75 Å². The molecule has 1 aliphatic heterocycles. The van der Waals surface area contributed by atoms with Crippen LogP contribution in [-0.2, 0) is 6.42 Å². The molecular formula is C20H21NO2. The Hall–Kier alpha value is -2.29. The SMILES string of the molecule is Cc1cc(C(=O)N2CCCC3c4ccccc4CC32)ccc1O. The van der Waals surface area contributed by atoms with Crippen LogP contribution in [0.1, 0.15) is 45.8 Å². The van der Waals surface area contributed by atoms with Gasteiger partial charge in [0.25, 0.3) is 5.91 Å². The maximum absolute atomic E-state index is 13.0. The van der Waals surface area contributed by atoms with Crippen molar-refractivity contribution in [2.45, 2.75) is 38.1 Å². The van der Waals surface area contributed by atoms with E-state index in [1.54, 1.807) is 18.2 Å². The molecule has 0 bridgehead atoms. The van der Waals surface area contributed by atoms with Gasteiger partial charge >= 0.3 is 0 Å². The number of amides is 1. The highest BCUT2D eigenvalue weighted by molar-refractivity contribution is 5.95. The van der Waals surface area contributed by atoms with E-state index in [0.29, 0.717) is 11.5 Å². The van der Waals surface area contributed by atoms with Crippen molar-refractivity contribution in [2.24, 2.45) is 0 Å². The molecule has 2 aliphatic rings. The summed E-state index contributed by atoms with van der Waals surface area (Å²) in [5, 5.41) is 9.68. The van der Waals surface area contributed by atoms with Gasteiger partial charge in [-0.05, 0) is 61.1 Å². The van der Waals surface area contributed by atoms with Gasteiger partial charge in [-0.3, -0.25) is 4.79 Å². The molecule has 2 unspecified atom stereocenters. The molecule has 0 aromatic heterocycles. The normalized spacial score (nSPS) is 22.6. The molecule has 23 heavy (non-hydrogen) atoms. The Morgan fingerprint density at radius 2 is 2.04 bits per heavy atom. The zero-order chi connectivity index (χ0) is 16.0. The Bertz CT molecular complexity index is 768. The highest BCUT2D eigenvalue weighted by atomic mass is 16.3. The summed E-state index contributed by atoms with van der Waals surface area (Å²) >= 11 is 0. The van der Waals surface area contributed by atoms with Crippen molar-refractivity contribution in [3.05, 3.63) is 64.7 Å². The van der Waals surface area contributed by atoms with Crippen LogP contribution >= 0.6 is 0 Å². The molecule has 2 atom stereocenters. The fourth-order valence-corrected chi connectivity index (χ4v) is 4.19. The van der Waals surface area contributed by atoms with Crippen LogP contribution in [0.25, 0.3) is 0 Å². The summed E-state index contributed by atoms with van der Waals surface area (Å²) in [6.07, 6.45) is 3.18. The number of benzene rings is 2. The summed E-state index contributed by atoms with van der Waals surface area (Å²) < 4.78 is 0. The predicted octanol–water partition coefficient (Wildman–Crippen LogP) is 3.65. The van der Waals surface area contributed by atoms with Crippen molar-refractivity contribution in [1.29, 1.82) is 0 Å². The van der Waals surface area contributed by atoms with E-state index < -0.39 is 0 Å². The Morgan fingerprint density at radius 3 is 2.87 bits per heavy atom. The highest BCUT2D eigenvalue weighted by Gasteiger charge is 2.40. The number of fused-ring (bicyclic) bond motifs is 3. The third-order valence-corrected chi connectivity index (χ3v) is 5.37. The molecule has 1 saturated heterocycles. The molecule has 0 spiro atoms. The maximum Gasteiger partial charge on any atom is 0.254 e. The van der Waals surface area contributed by atoms with Crippen molar-refractivity contribution >= 4 is 5.91 Å². The van der Waals surface area contributed by atoms with E-state index in [1.807, 2.05) is 6.92 Å². The van der Waals surface area contributed by atoms with Crippen LogP contribution in [0.5, 0.6) is 5.75 Å². The minimum atomic E-state index is 0.0932. The van der Waals surface area contributed by atoms with Gasteiger partial charge < -0.3 is 10.0 Å². The van der Waals surface area contributed by atoms with Gasteiger partial charge in [-0.1, -0.05) is 24.3 Å². The molecule has 1 heterocycles. The van der Waals surface area contributed by atoms with E-state index in [1.165, 1.54) is 17.5 Å². The van der Waals surface area contributed by atoms with E-state index in [4.69, 9.17) is 0 Å². The van der Waals surface area contributed by atoms with Crippen molar-refractivity contribution in [3.8, 4) is 5.75 Å². The number of aromatic hydroxyl groups is 1. The number of rotatable bonds is 1. The second-order valence-corrected chi connectivity index (χ2v) is 6.72. The van der Waals surface area contributed by atoms with E-state index in [0.717, 1.165) is 24.9 Å². The van der Waals surface area contributed by atoms with Crippen molar-refractivity contribution in [1.82, 2.24) is 4.90 Å².